The van der Waals surface area contributed by atoms with E-state index in [9.17, 15) is 81.5 Å². The van der Waals surface area contributed by atoms with Crippen LogP contribution in [0, 0.1) is 0 Å². The summed E-state index contributed by atoms with van der Waals surface area (Å²) >= 11 is 0. The Balaban J connectivity index is -0.000000259. The molecule has 0 spiro atoms. The summed E-state index contributed by atoms with van der Waals surface area (Å²) in [6, 6.07) is 0.686. The van der Waals surface area contributed by atoms with E-state index in [2.05, 4.69) is 51.8 Å². The van der Waals surface area contributed by atoms with E-state index in [1.165, 1.54) is 0 Å². The normalized spacial score (nSPS) is 10.1. The number of hydrogen-bond donors (Lipinski definition) is 0. The second-order valence-corrected chi connectivity index (χ2v) is 30.7. The van der Waals surface area contributed by atoms with Crippen LogP contribution < -0.4 is 34.1 Å². The third-order valence-corrected chi connectivity index (χ3v) is 21.8. The Morgan fingerprint density at radius 3 is 0.623 bits per heavy atom. The molecule has 0 aliphatic heterocycles. The molecule has 0 atom stereocenters. The molecule has 0 radical (unpaired) electrons. The van der Waals surface area contributed by atoms with E-state index in [-0.39, 0.29) is 164 Å². The average Bonchev–Trinajstić information content (AvgIpc) is 0.791. The molecular formula is C94H172N6O29Si. The molecule has 2 rings (SSSR count). The first kappa shape index (κ1) is 141. The van der Waals surface area contributed by atoms with E-state index >= 15 is 0 Å². The topological polar surface area (TPSA) is 431 Å². The minimum atomic E-state index is -2.71. The smallest absolute Gasteiger partial charge is 0.455 e. The van der Waals surface area contributed by atoms with Crippen LogP contribution in [0.2, 0.25) is 6.04 Å². The maximum Gasteiger partial charge on any atom is 0.500 e. The van der Waals surface area contributed by atoms with E-state index in [4.69, 9.17) is 37.0 Å². The van der Waals surface area contributed by atoms with Gasteiger partial charge in [0, 0.05) is 140 Å². The van der Waals surface area contributed by atoms with Gasteiger partial charge in [0.05, 0.1) is 0 Å². The highest BCUT2D eigenvalue weighted by atomic mass is 28.4. The number of Topliss-reactive ketones (excluding diaryl/α,β-unsaturated/α-hetero) is 2. The Morgan fingerprint density at radius 1 is 0.238 bits per heavy atom. The number of esters is 9. The molecule has 0 fully saturated rings. The molecule has 2 aromatic rings. The van der Waals surface area contributed by atoms with Crippen molar-refractivity contribution in [2.24, 2.45) is 0 Å². The summed E-state index contributed by atoms with van der Waals surface area (Å²) in [5.74, 6) is -5.35. The zero-order valence-electron chi connectivity index (χ0n) is 71.1. The second kappa shape index (κ2) is 89.8. The number of nitrogens with zero attached hydrogens (tertiary/aromatic N) is 6. The largest absolute Gasteiger partial charge is 0.500 e. The molecule has 0 aliphatic rings. The summed E-state index contributed by atoms with van der Waals surface area (Å²) in [6.45, 7) is 22.3. The Hall–Kier alpha value is -9.81. The Kier molecular flexibility index (Phi) is 97.1. The van der Waals surface area contributed by atoms with E-state index < -0.39 is 124 Å². The van der Waals surface area contributed by atoms with Crippen molar-refractivity contribution >= 4 is 74.1 Å². The van der Waals surface area contributed by atoms with Crippen molar-refractivity contribution < 1.29 is 109 Å². The van der Waals surface area contributed by atoms with Crippen LogP contribution in [0.15, 0.2) is 92.0 Å². The molecule has 130 heavy (non-hydrogen) atoms. The molecule has 36 heteroatoms. The fourth-order valence-electron chi connectivity index (χ4n) is 12.2. The molecule has 2 heterocycles. The van der Waals surface area contributed by atoms with E-state index in [0.29, 0.717) is 167 Å². The molecule has 0 N–H and O–H groups in total. The highest BCUT2D eigenvalue weighted by molar-refractivity contribution is 6.60. The molecular weight excluding hydrogens is 1710 g/mol. The predicted molar refractivity (Wildman–Crippen MR) is 511 cm³/mol. The monoisotopic (exact) mass is 1880 g/mol. The van der Waals surface area contributed by atoms with Crippen molar-refractivity contribution in [2.75, 3.05) is 53.6 Å². The van der Waals surface area contributed by atoms with Crippen LogP contribution in [0.1, 0.15) is 345 Å². The fraction of sp³-hybridized carbons (Fsp3) is 0.713. The Morgan fingerprint density at radius 2 is 0.415 bits per heavy atom. The van der Waals surface area contributed by atoms with E-state index in [0.717, 1.165) is 135 Å². The first-order valence-electron chi connectivity index (χ1n) is 42.3. The number of carbonyl (C=O) groups is 11. The van der Waals surface area contributed by atoms with Crippen LogP contribution in [-0.4, -0.2) is 155 Å². The molecule has 0 amide bonds. The number of rotatable bonds is 74. The van der Waals surface area contributed by atoms with Crippen molar-refractivity contribution in [3.8, 4) is 0 Å². The predicted octanol–water partition coefficient (Wildman–Crippen LogP) is 16.8. The van der Waals surface area contributed by atoms with Gasteiger partial charge in [-0.25, -0.2) is 80.1 Å². The molecule has 0 unspecified atom stereocenters. The van der Waals surface area contributed by atoms with Crippen LogP contribution in [0.4, 0.5) is 0 Å². The lowest BCUT2D eigenvalue weighted by Crippen LogP contribution is -2.54. The molecule has 0 saturated heterocycles. The summed E-state index contributed by atoms with van der Waals surface area (Å²) in [5, 5.41) is 0. The fourth-order valence-corrected chi connectivity index (χ4v) is 14.9. The summed E-state index contributed by atoms with van der Waals surface area (Å²) in [4.78, 5) is 208. The number of ether oxygens (including phenoxy) is 9. The summed E-state index contributed by atoms with van der Waals surface area (Å²) in [7, 11) is -2.71. The third kappa shape index (κ3) is 65.7. The van der Waals surface area contributed by atoms with Gasteiger partial charge >= 0.3 is 96.7 Å². The van der Waals surface area contributed by atoms with E-state index in [1.807, 2.05) is 20.8 Å². The van der Waals surface area contributed by atoms with Gasteiger partial charge in [0.1, 0.15) is 12.4 Å². The van der Waals surface area contributed by atoms with Crippen LogP contribution in [-0.2, 0) is 148 Å². The SMILES string of the molecule is C.C.C.C.C.C.C.C.C.C.C=CC(=O)OCOC(=O)CCCCCCCn1c(=O)n(CCCCCCCC(=O)CCCC[Si](OCC)(OCC)OCC)c(=O)n(CCCCCCCC(=O)OCOC(=O)C=C)c1=O.C=CC(=O)OCOC(=O)CCCCCCCn1c(=O)n(CCCCCCCC(=O)COC(=O)C=C)c(=O)n(CCCCCCCC(=O)OCOC(=O)C=C)c1=O. The second-order valence-electron chi connectivity index (χ2n) is 28.0. The first-order valence-corrected chi connectivity index (χ1v) is 44.2. The van der Waals surface area contributed by atoms with Crippen LogP contribution in [0.5, 0.6) is 0 Å². The van der Waals surface area contributed by atoms with Crippen molar-refractivity contribution in [1.82, 2.24) is 27.4 Å². The van der Waals surface area contributed by atoms with Gasteiger partial charge in [0.2, 0.25) is 27.2 Å². The maximum atomic E-state index is 13.6. The van der Waals surface area contributed by atoms with Gasteiger partial charge in [-0.1, -0.05) is 223 Å². The standard InChI is InChI=1S/C45H75N3O15Si.C39H57N3O14.10CH4/c1-6-39(50)57-36-59-41(52)30-21-15-12-18-25-33-47-43(54)46(44(55)48(45(47)56)34-26-19-13-16-22-31-42(53)60-37-58-40(51)7-2)32-24-17-11-14-20-28-38(49)29-23-27-35-64(61-8-3,62-9-4)63-10-5;1-4-32(44)52-28-31(43)22-16-10-7-13-19-25-40-37(49)41(26-20-14-8-11-17-23-35(47)55-29-53-33(45)5-2)39(51)42(38(40)50)27-21-15-9-12-18-24-36(48)56-30-54-34(46)6-3;;;;;;;;;;/h6-7H,1-2,8-37H2,3-5H3;4-6H,1-3,7-30H2;10*1H4. The van der Waals surface area contributed by atoms with Gasteiger partial charge in [0.25, 0.3) is 0 Å². The quantitative estimate of drug-likeness (QED) is 0.0148. The highest BCUT2D eigenvalue weighted by Crippen LogP contribution is 2.21. The van der Waals surface area contributed by atoms with Gasteiger partial charge < -0.3 is 55.9 Å². The highest BCUT2D eigenvalue weighted by Gasteiger charge is 2.39. The van der Waals surface area contributed by atoms with Gasteiger partial charge in [-0.15, -0.1) is 0 Å². The lowest BCUT2D eigenvalue weighted by atomic mass is 10.1. The van der Waals surface area contributed by atoms with Crippen LogP contribution in [0.25, 0.3) is 0 Å². The van der Waals surface area contributed by atoms with Crippen molar-refractivity contribution in [3.05, 3.63) is 126 Å². The first-order chi connectivity index (χ1) is 57.8. The van der Waals surface area contributed by atoms with E-state index in [1.54, 1.807) is 0 Å². The van der Waals surface area contributed by atoms with Crippen molar-refractivity contribution in [3.63, 3.8) is 0 Å². The number of unbranched alkanes of at least 4 members (excludes halogenated alkanes) is 25. The number of aromatic nitrogens is 6. The van der Waals surface area contributed by atoms with Gasteiger partial charge in [-0.3, -0.25) is 28.8 Å². The van der Waals surface area contributed by atoms with Gasteiger partial charge in [0.15, 0.2) is 5.78 Å². The zero-order valence-corrected chi connectivity index (χ0v) is 72.1. The molecule has 2 aromatic heterocycles. The minimum Gasteiger partial charge on any atom is -0.455 e. The lowest BCUT2D eigenvalue weighted by Gasteiger charge is -2.28. The number of hydrogen-bond acceptors (Lipinski definition) is 29. The van der Waals surface area contributed by atoms with Crippen molar-refractivity contribution in [2.45, 2.75) is 391 Å². The van der Waals surface area contributed by atoms with Crippen LogP contribution in [0.3, 0.4) is 0 Å². The number of carbonyl (C=O) groups excluding carboxylic acids is 11. The van der Waals surface area contributed by atoms with Gasteiger partial charge in [-0.05, 0) is 111 Å². The molecule has 756 valence electrons. The van der Waals surface area contributed by atoms with Crippen molar-refractivity contribution in [1.29, 1.82) is 0 Å². The summed E-state index contributed by atoms with van der Waals surface area (Å²) < 4.78 is 67.0. The lowest BCUT2D eigenvalue weighted by molar-refractivity contribution is -0.165. The average molecular weight is 1880 g/mol. The maximum absolute atomic E-state index is 13.6. The summed E-state index contributed by atoms with van der Waals surface area (Å²) in [5.41, 5.74) is -3.91. The zero-order chi connectivity index (χ0) is 89.0. The van der Waals surface area contributed by atoms with Crippen LogP contribution >= 0.6 is 0 Å². The number of ketones is 2. The molecule has 0 bridgehead atoms. The minimum absolute atomic E-state index is 0. The summed E-state index contributed by atoms with van der Waals surface area (Å²) in [6.07, 6.45) is 28.1. The molecule has 0 aromatic carbocycles. The Bertz CT molecular complexity index is 3670. The Labute approximate surface area is 777 Å². The molecule has 0 aliphatic carbocycles. The third-order valence-electron chi connectivity index (χ3n) is 18.7. The molecule has 35 nitrogen and oxygen atoms in total. The van der Waals surface area contributed by atoms with Gasteiger partial charge in [-0.2, -0.15) is 0 Å². The molecule has 0 saturated carbocycles.